The number of carbonyl (C=O) groups is 1. The first kappa shape index (κ1) is 17.1. The van der Waals surface area contributed by atoms with Crippen LogP contribution in [0.3, 0.4) is 0 Å². The van der Waals surface area contributed by atoms with Crippen molar-refractivity contribution in [1.29, 1.82) is 0 Å². The van der Waals surface area contributed by atoms with Crippen molar-refractivity contribution in [2.45, 2.75) is 43.4 Å². The Morgan fingerprint density at radius 3 is 3.04 bits per heavy atom. The summed E-state index contributed by atoms with van der Waals surface area (Å²) in [5.41, 5.74) is 0.0183. The third kappa shape index (κ3) is 3.33. The van der Waals surface area contributed by atoms with Gasteiger partial charge in [0.1, 0.15) is 5.69 Å². The number of rotatable bonds is 6. The molecule has 1 saturated heterocycles. The highest BCUT2D eigenvalue weighted by Gasteiger charge is 2.43. The van der Waals surface area contributed by atoms with Crippen LogP contribution in [0.2, 0.25) is 0 Å². The number of methoxy groups -OCH3 is 1. The van der Waals surface area contributed by atoms with Crippen LogP contribution in [0.5, 0.6) is 0 Å². The molecule has 8 nitrogen and oxygen atoms in total. The molecule has 2 aromatic heterocycles. The first-order valence-corrected chi connectivity index (χ1v) is 9.10. The average molecular weight is 357 g/mol. The number of hydrogen-bond donors (Lipinski definition) is 0. The minimum absolute atomic E-state index is 0.106. The zero-order valence-corrected chi connectivity index (χ0v) is 14.9. The Morgan fingerprint density at radius 2 is 2.31 bits per heavy atom. The molecule has 0 spiro atoms. The van der Waals surface area contributed by atoms with Crippen LogP contribution in [0.25, 0.3) is 0 Å². The van der Waals surface area contributed by atoms with E-state index >= 15 is 0 Å². The summed E-state index contributed by atoms with van der Waals surface area (Å²) < 4.78 is 10.8. The van der Waals surface area contributed by atoms with Crippen LogP contribution in [0.15, 0.2) is 23.1 Å². The predicted molar refractivity (Wildman–Crippen MR) is 91.6 cm³/mol. The lowest BCUT2D eigenvalue weighted by atomic mass is 9.76. The zero-order chi connectivity index (χ0) is 18.0. The van der Waals surface area contributed by atoms with Gasteiger partial charge in [0.15, 0.2) is 5.82 Å². The number of likely N-dealkylation sites (tertiary alicyclic amines) is 1. The summed E-state index contributed by atoms with van der Waals surface area (Å²) in [6.45, 7) is 1.81. The van der Waals surface area contributed by atoms with Crippen molar-refractivity contribution in [2.75, 3.05) is 26.8 Å². The number of carbonyl (C=O) groups excluding carboxylic acids is 1. The molecule has 2 aromatic rings. The number of piperidine rings is 1. The van der Waals surface area contributed by atoms with E-state index in [0.29, 0.717) is 37.1 Å². The molecule has 4 rings (SSSR count). The molecule has 0 N–H and O–H groups in total. The van der Waals surface area contributed by atoms with Crippen LogP contribution >= 0.6 is 0 Å². The van der Waals surface area contributed by atoms with Crippen LogP contribution in [0.1, 0.15) is 60.2 Å². The molecule has 26 heavy (non-hydrogen) atoms. The Bertz CT molecular complexity index is 761. The van der Waals surface area contributed by atoms with Gasteiger partial charge in [-0.05, 0) is 32.1 Å². The highest BCUT2D eigenvalue weighted by molar-refractivity contribution is 5.92. The van der Waals surface area contributed by atoms with Crippen molar-refractivity contribution in [3.8, 4) is 0 Å². The topological polar surface area (TPSA) is 94.2 Å². The molecule has 8 heteroatoms. The summed E-state index contributed by atoms with van der Waals surface area (Å²) in [6, 6.07) is 0. The van der Waals surface area contributed by atoms with Gasteiger partial charge in [0.25, 0.3) is 5.91 Å². The second kappa shape index (κ2) is 7.11. The molecule has 1 saturated carbocycles. The first-order chi connectivity index (χ1) is 12.7. The van der Waals surface area contributed by atoms with E-state index in [4.69, 9.17) is 9.26 Å². The maximum absolute atomic E-state index is 12.8. The molecule has 1 unspecified atom stereocenters. The van der Waals surface area contributed by atoms with Crippen LogP contribution in [-0.4, -0.2) is 57.7 Å². The third-order valence-corrected chi connectivity index (χ3v) is 5.27. The molecule has 2 fully saturated rings. The quantitative estimate of drug-likeness (QED) is 0.780. The summed E-state index contributed by atoms with van der Waals surface area (Å²) in [7, 11) is 1.69. The summed E-state index contributed by atoms with van der Waals surface area (Å²) in [6.07, 6.45) is 9.37. The van der Waals surface area contributed by atoms with Crippen molar-refractivity contribution in [2.24, 2.45) is 0 Å². The van der Waals surface area contributed by atoms with Crippen LogP contribution in [0.4, 0.5) is 0 Å². The van der Waals surface area contributed by atoms with Gasteiger partial charge in [-0.2, -0.15) is 4.98 Å². The van der Waals surface area contributed by atoms with Gasteiger partial charge in [-0.3, -0.25) is 9.78 Å². The maximum atomic E-state index is 12.8. The van der Waals surface area contributed by atoms with Crippen molar-refractivity contribution < 1.29 is 14.1 Å². The fraction of sp³-hybridized carbons (Fsp3) is 0.611. The van der Waals surface area contributed by atoms with Gasteiger partial charge >= 0.3 is 0 Å². The Kier molecular flexibility index (Phi) is 4.67. The van der Waals surface area contributed by atoms with Crippen molar-refractivity contribution in [3.05, 3.63) is 36.0 Å². The Hall–Kier alpha value is -2.35. The lowest BCUT2D eigenvalue weighted by molar-refractivity contribution is 0.0561. The van der Waals surface area contributed by atoms with E-state index in [2.05, 4.69) is 20.1 Å². The summed E-state index contributed by atoms with van der Waals surface area (Å²) in [5.74, 6) is 1.74. The van der Waals surface area contributed by atoms with Gasteiger partial charge < -0.3 is 14.2 Å². The van der Waals surface area contributed by atoms with Crippen LogP contribution in [0, 0.1) is 0 Å². The predicted octanol–water partition coefficient (Wildman–Crippen LogP) is 1.95. The van der Waals surface area contributed by atoms with Crippen molar-refractivity contribution in [3.63, 3.8) is 0 Å². The summed E-state index contributed by atoms with van der Waals surface area (Å²) in [4.78, 5) is 27.5. The maximum Gasteiger partial charge on any atom is 0.274 e. The zero-order valence-electron chi connectivity index (χ0n) is 14.9. The summed E-state index contributed by atoms with van der Waals surface area (Å²) in [5, 5.41) is 4.29. The largest absolute Gasteiger partial charge is 0.385 e. The molecule has 138 valence electrons. The van der Waals surface area contributed by atoms with E-state index in [1.54, 1.807) is 13.3 Å². The molecule has 1 amide bonds. The normalized spacial score (nSPS) is 23.2. The molecule has 0 aromatic carbocycles. The molecule has 0 bridgehead atoms. The number of amides is 1. The first-order valence-electron chi connectivity index (χ1n) is 9.10. The van der Waals surface area contributed by atoms with Gasteiger partial charge in [0, 0.05) is 45.1 Å². The number of ether oxygens (including phenoxy) is 1. The van der Waals surface area contributed by atoms with E-state index in [0.717, 1.165) is 38.0 Å². The van der Waals surface area contributed by atoms with E-state index in [1.165, 1.54) is 12.4 Å². The molecular formula is C18H23N5O3. The lowest BCUT2D eigenvalue weighted by Gasteiger charge is -2.40. The molecule has 1 atom stereocenters. The SMILES string of the molecule is COCCC1(c2noc(C3CC3)n2)CCCN(C(=O)c2cnccn2)C1. The lowest BCUT2D eigenvalue weighted by Crippen LogP contribution is -2.49. The van der Waals surface area contributed by atoms with Crippen LogP contribution in [-0.2, 0) is 10.2 Å². The number of aromatic nitrogens is 4. The van der Waals surface area contributed by atoms with Gasteiger partial charge in [-0.1, -0.05) is 5.16 Å². The smallest absolute Gasteiger partial charge is 0.274 e. The van der Waals surface area contributed by atoms with Gasteiger partial charge in [-0.15, -0.1) is 0 Å². The van der Waals surface area contributed by atoms with E-state index < -0.39 is 0 Å². The molecule has 3 heterocycles. The molecule has 2 aliphatic rings. The Morgan fingerprint density at radius 1 is 1.42 bits per heavy atom. The molecular weight excluding hydrogens is 334 g/mol. The molecule has 1 aliphatic carbocycles. The minimum atomic E-state index is -0.344. The molecule has 0 radical (unpaired) electrons. The van der Waals surface area contributed by atoms with E-state index in [1.807, 2.05) is 4.90 Å². The second-order valence-electron chi connectivity index (χ2n) is 7.17. The fourth-order valence-corrected chi connectivity index (χ4v) is 3.62. The second-order valence-corrected chi connectivity index (χ2v) is 7.17. The van der Waals surface area contributed by atoms with Gasteiger partial charge in [0.05, 0.1) is 11.6 Å². The van der Waals surface area contributed by atoms with Crippen LogP contribution < -0.4 is 0 Å². The van der Waals surface area contributed by atoms with E-state index in [9.17, 15) is 4.79 Å². The monoisotopic (exact) mass is 357 g/mol. The number of nitrogens with zero attached hydrogens (tertiary/aromatic N) is 5. The fourth-order valence-electron chi connectivity index (χ4n) is 3.62. The van der Waals surface area contributed by atoms with Gasteiger partial charge in [0.2, 0.25) is 5.89 Å². The van der Waals surface area contributed by atoms with E-state index in [-0.39, 0.29) is 11.3 Å². The van der Waals surface area contributed by atoms with Crippen molar-refractivity contribution >= 4 is 5.91 Å². The standard InChI is InChI=1S/C18H23N5O3/c1-25-10-6-18(17-21-15(26-22-17)13-3-4-13)5-2-9-23(12-18)16(24)14-11-19-7-8-20-14/h7-8,11,13H,2-6,9-10,12H2,1H3. The average Bonchev–Trinajstić information content (AvgIpc) is 3.43. The van der Waals surface area contributed by atoms with Crippen molar-refractivity contribution in [1.82, 2.24) is 25.0 Å². The minimum Gasteiger partial charge on any atom is -0.385 e. The highest BCUT2D eigenvalue weighted by Crippen LogP contribution is 2.41. The highest BCUT2D eigenvalue weighted by atomic mass is 16.5. The third-order valence-electron chi connectivity index (χ3n) is 5.27. The summed E-state index contributed by atoms with van der Waals surface area (Å²) >= 11 is 0. The number of hydrogen-bond acceptors (Lipinski definition) is 7. The Labute approximate surface area is 152 Å². The Balaban J connectivity index is 1.59. The van der Waals surface area contributed by atoms with Gasteiger partial charge in [-0.25, -0.2) is 4.98 Å². The molecule has 1 aliphatic heterocycles.